The van der Waals surface area contributed by atoms with Crippen molar-refractivity contribution in [1.29, 1.82) is 0 Å². The number of barbiturate groups is 1. The van der Waals surface area contributed by atoms with Gasteiger partial charge in [-0.3, -0.25) is 19.8 Å². The molecule has 0 radical (unpaired) electrons. The fourth-order valence-electron chi connectivity index (χ4n) is 4.20. The number of nitrogens with one attached hydrogen (secondary N) is 1. The Morgan fingerprint density at radius 1 is 1.09 bits per heavy atom. The van der Waals surface area contributed by atoms with E-state index in [9.17, 15) is 14.4 Å². The largest absolute Gasteiger partial charge is 0.493 e. The van der Waals surface area contributed by atoms with Crippen molar-refractivity contribution in [3.8, 4) is 11.5 Å². The summed E-state index contributed by atoms with van der Waals surface area (Å²) >= 11 is 2.14. The molecule has 2 aromatic rings. The zero-order valence-corrected chi connectivity index (χ0v) is 20.5. The van der Waals surface area contributed by atoms with E-state index in [4.69, 9.17) is 9.47 Å². The van der Waals surface area contributed by atoms with Crippen LogP contribution in [-0.2, 0) is 16.2 Å². The van der Waals surface area contributed by atoms with E-state index in [1.165, 1.54) is 11.0 Å². The van der Waals surface area contributed by atoms with Crippen LogP contribution in [0.15, 0.2) is 48.0 Å². The van der Waals surface area contributed by atoms with Crippen LogP contribution >= 0.6 is 22.6 Å². The van der Waals surface area contributed by atoms with Crippen molar-refractivity contribution in [1.82, 2.24) is 10.2 Å². The first kappa shape index (κ1) is 23.3. The second kappa shape index (κ2) is 10.4. The lowest BCUT2D eigenvalue weighted by Gasteiger charge is -2.35. The summed E-state index contributed by atoms with van der Waals surface area (Å²) in [6, 6.07) is 12.5. The SMILES string of the molecule is COc1cc(/C=C2/C(=O)NC(=O)N(C3CCCCC3)C2=O)cc(I)c1OCc1ccccc1. The number of benzene rings is 2. The molecule has 1 aliphatic carbocycles. The molecule has 0 bridgehead atoms. The van der Waals surface area contributed by atoms with Crippen LogP contribution in [0.1, 0.15) is 43.2 Å². The van der Waals surface area contributed by atoms with E-state index in [0.29, 0.717) is 23.7 Å². The number of hydrogen-bond donors (Lipinski definition) is 1. The van der Waals surface area contributed by atoms with Gasteiger partial charge in [0, 0.05) is 6.04 Å². The van der Waals surface area contributed by atoms with Crippen molar-refractivity contribution in [2.45, 2.75) is 44.8 Å². The van der Waals surface area contributed by atoms with E-state index in [1.54, 1.807) is 13.2 Å². The van der Waals surface area contributed by atoms with Crippen LogP contribution in [0.3, 0.4) is 0 Å². The monoisotopic (exact) mass is 560 g/mol. The Morgan fingerprint density at radius 2 is 1.82 bits per heavy atom. The third-order valence-electron chi connectivity index (χ3n) is 5.86. The molecule has 0 atom stereocenters. The molecule has 8 heteroatoms. The molecular formula is C25H25IN2O5. The van der Waals surface area contributed by atoms with Crippen molar-refractivity contribution in [2.75, 3.05) is 7.11 Å². The van der Waals surface area contributed by atoms with E-state index in [-0.39, 0.29) is 11.6 Å². The van der Waals surface area contributed by atoms with E-state index in [0.717, 1.165) is 41.2 Å². The number of carbonyl (C=O) groups is 3. The van der Waals surface area contributed by atoms with E-state index in [2.05, 4.69) is 27.9 Å². The molecule has 2 fully saturated rings. The van der Waals surface area contributed by atoms with Crippen LogP contribution in [0, 0.1) is 3.57 Å². The average molecular weight is 560 g/mol. The lowest BCUT2D eigenvalue weighted by Crippen LogP contribution is -2.58. The molecule has 0 spiro atoms. The number of methoxy groups -OCH3 is 1. The third-order valence-corrected chi connectivity index (χ3v) is 6.66. The maximum Gasteiger partial charge on any atom is 0.331 e. The van der Waals surface area contributed by atoms with Gasteiger partial charge >= 0.3 is 6.03 Å². The molecule has 2 aliphatic rings. The van der Waals surface area contributed by atoms with Gasteiger partial charge in [0.25, 0.3) is 11.8 Å². The quantitative estimate of drug-likeness (QED) is 0.316. The summed E-state index contributed by atoms with van der Waals surface area (Å²) in [5.41, 5.74) is 1.58. The molecular weight excluding hydrogens is 535 g/mol. The van der Waals surface area contributed by atoms with Crippen molar-refractivity contribution >= 4 is 46.5 Å². The minimum atomic E-state index is -0.685. The molecule has 4 amide bonds. The molecule has 7 nitrogen and oxygen atoms in total. The Morgan fingerprint density at radius 3 is 2.52 bits per heavy atom. The predicted molar refractivity (Wildman–Crippen MR) is 132 cm³/mol. The van der Waals surface area contributed by atoms with Gasteiger partial charge in [0.2, 0.25) is 0 Å². The molecule has 1 aliphatic heterocycles. The van der Waals surface area contributed by atoms with Gasteiger partial charge in [-0.25, -0.2) is 4.79 Å². The number of halogens is 1. The van der Waals surface area contributed by atoms with Crippen molar-refractivity contribution in [3.63, 3.8) is 0 Å². The minimum Gasteiger partial charge on any atom is -0.493 e. The standard InChI is InChI=1S/C25H25IN2O5/c1-32-21-14-17(13-20(26)22(21)33-15-16-8-4-2-5-9-16)12-19-23(29)27-25(31)28(24(19)30)18-10-6-3-7-11-18/h2,4-5,8-9,12-14,18H,3,6-7,10-11,15H2,1H3,(H,27,29,31)/b19-12-. The summed E-state index contributed by atoms with van der Waals surface area (Å²) in [5.74, 6) is -0.152. The Labute approximate surface area is 206 Å². The predicted octanol–water partition coefficient (Wildman–Crippen LogP) is 4.67. The van der Waals surface area contributed by atoms with Crippen molar-refractivity contribution in [2.24, 2.45) is 0 Å². The maximum absolute atomic E-state index is 13.1. The summed E-state index contributed by atoms with van der Waals surface area (Å²) in [4.78, 5) is 39.3. The smallest absolute Gasteiger partial charge is 0.331 e. The zero-order valence-electron chi connectivity index (χ0n) is 18.3. The summed E-state index contributed by atoms with van der Waals surface area (Å²) in [6.07, 6.45) is 6.06. The van der Waals surface area contributed by atoms with Crippen LogP contribution in [-0.4, -0.2) is 35.9 Å². The Hall–Kier alpha value is -2.88. The lowest BCUT2D eigenvalue weighted by atomic mass is 9.93. The van der Waals surface area contributed by atoms with Gasteiger partial charge in [-0.1, -0.05) is 49.6 Å². The maximum atomic E-state index is 13.1. The number of urea groups is 1. The summed E-state index contributed by atoms with van der Waals surface area (Å²) in [7, 11) is 1.54. The van der Waals surface area contributed by atoms with Crippen LogP contribution < -0.4 is 14.8 Å². The minimum absolute atomic E-state index is 0.0593. The topological polar surface area (TPSA) is 84.9 Å². The normalized spacial score (nSPS) is 18.4. The van der Waals surface area contributed by atoms with Crippen LogP contribution in [0.2, 0.25) is 0 Å². The van der Waals surface area contributed by atoms with E-state index >= 15 is 0 Å². The fourth-order valence-corrected chi connectivity index (χ4v) is 4.98. The van der Waals surface area contributed by atoms with Gasteiger partial charge in [-0.2, -0.15) is 0 Å². The highest BCUT2D eigenvalue weighted by Crippen LogP contribution is 2.35. The number of hydrogen-bond acceptors (Lipinski definition) is 5. The number of nitrogens with zero attached hydrogens (tertiary/aromatic N) is 1. The van der Waals surface area contributed by atoms with Gasteiger partial charge in [0.1, 0.15) is 12.2 Å². The highest BCUT2D eigenvalue weighted by atomic mass is 127. The number of ether oxygens (including phenoxy) is 2. The van der Waals surface area contributed by atoms with Crippen molar-refractivity contribution in [3.05, 3.63) is 62.7 Å². The molecule has 1 N–H and O–H groups in total. The Balaban J connectivity index is 1.60. The molecule has 0 aromatic heterocycles. The zero-order chi connectivity index (χ0) is 23.4. The first-order chi connectivity index (χ1) is 16.0. The van der Waals surface area contributed by atoms with Crippen LogP contribution in [0.4, 0.5) is 4.79 Å². The van der Waals surface area contributed by atoms with Gasteiger partial charge in [-0.05, 0) is 64.8 Å². The van der Waals surface area contributed by atoms with Crippen molar-refractivity contribution < 1.29 is 23.9 Å². The van der Waals surface area contributed by atoms with E-state index in [1.807, 2.05) is 36.4 Å². The molecule has 2 aromatic carbocycles. The molecule has 0 unspecified atom stereocenters. The van der Waals surface area contributed by atoms with Crippen LogP contribution in [0.5, 0.6) is 11.5 Å². The Bertz CT molecular complexity index is 1090. The Kier molecular flexibility index (Phi) is 7.32. The average Bonchev–Trinajstić information content (AvgIpc) is 2.82. The third kappa shape index (κ3) is 5.21. The van der Waals surface area contributed by atoms with Gasteiger partial charge in [0.05, 0.1) is 10.7 Å². The molecule has 1 saturated carbocycles. The summed E-state index contributed by atoms with van der Waals surface area (Å²) < 4.78 is 12.3. The number of carbonyl (C=O) groups excluding carboxylic acids is 3. The molecule has 4 rings (SSSR count). The fraction of sp³-hybridized carbons (Fsp3) is 0.320. The highest BCUT2D eigenvalue weighted by molar-refractivity contribution is 14.1. The summed E-state index contributed by atoms with van der Waals surface area (Å²) in [5, 5.41) is 2.32. The lowest BCUT2D eigenvalue weighted by molar-refractivity contribution is -0.132. The first-order valence-corrected chi connectivity index (χ1v) is 12.0. The van der Waals surface area contributed by atoms with Gasteiger partial charge in [-0.15, -0.1) is 0 Å². The second-order valence-electron chi connectivity index (χ2n) is 8.09. The molecule has 33 heavy (non-hydrogen) atoms. The molecule has 1 saturated heterocycles. The van der Waals surface area contributed by atoms with Gasteiger partial charge < -0.3 is 9.47 Å². The van der Waals surface area contributed by atoms with Crippen LogP contribution in [0.25, 0.3) is 6.08 Å². The van der Waals surface area contributed by atoms with E-state index < -0.39 is 17.8 Å². The highest BCUT2D eigenvalue weighted by Gasteiger charge is 2.40. The number of imide groups is 2. The number of amides is 4. The first-order valence-electron chi connectivity index (χ1n) is 10.9. The summed E-state index contributed by atoms with van der Waals surface area (Å²) in [6.45, 7) is 0.382. The molecule has 172 valence electrons. The number of rotatable bonds is 6. The second-order valence-corrected chi connectivity index (χ2v) is 9.25. The van der Waals surface area contributed by atoms with Gasteiger partial charge in [0.15, 0.2) is 11.5 Å². The molecule has 1 heterocycles.